The van der Waals surface area contributed by atoms with Crippen molar-refractivity contribution in [2.24, 2.45) is 0 Å². The maximum Gasteiger partial charge on any atom is 0.408 e. The van der Waals surface area contributed by atoms with Crippen LogP contribution in [0.15, 0.2) is 48.5 Å². The lowest BCUT2D eigenvalue weighted by molar-refractivity contribution is 0.112. The molecule has 0 unspecified atom stereocenters. The Kier molecular flexibility index (Phi) is 5.78. The van der Waals surface area contributed by atoms with Gasteiger partial charge in [0.1, 0.15) is 12.4 Å². The van der Waals surface area contributed by atoms with Gasteiger partial charge in [0.05, 0.1) is 12.1 Å². The van der Waals surface area contributed by atoms with Crippen LogP contribution in [0, 0.1) is 11.8 Å². The van der Waals surface area contributed by atoms with Gasteiger partial charge in [-0.3, -0.25) is 4.79 Å². The van der Waals surface area contributed by atoms with E-state index in [1.54, 1.807) is 12.1 Å². The molecule has 0 aromatic heterocycles. The number of hydrogen-bond acceptors (Lipinski definition) is 4. The maximum absolute atomic E-state index is 11.5. The number of phenolic OH excluding ortho intramolecular Hbond substituents is 1. The van der Waals surface area contributed by atoms with Crippen molar-refractivity contribution in [2.45, 2.75) is 6.61 Å². The average molecular weight is 309 g/mol. The molecule has 1 amide bonds. The Morgan fingerprint density at radius 3 is 2.70 bits per heavy atom. The summed E-state index contributed by atoms with van der Waals surface area (Å²) in [5, 5.41) is 12.1. The first-order valence-corrected chi connectivity index (χ1v) is 6.91. The van der Waals surface area contributed by atoms with Gasteiger partial charge in [0.15, 0.2) is 6.29 Å². The average Bonchev–Trinajstić information content (AvgIpc) is 2.58. The third kappa shape index (κ3) is 4.90. The van der Waals surface area contributed by atoms with Gasteiger partial charge in [-0.25, -0.2) is 4.79 Å². The second kappa shape index (κ2) is 8.25. The van der Waals surface area contributed by atoms with Crippen molar-refractivity contribution in [3.05, 3.63) is 65.2 Å². The predicted octanol–water partition coefficient (Wildman–Crippen LogP) is 2.48. The van der Waals surface area contributed by atoms with Gasteiger partial charge in [0, 0.05) is 5.56 Å². The van der Waals surface area contributed by atoms with E-state index < -0.39 is 6.09 Å². The van der Waals surface area contributed by atoms with Gasteiger partial charge in [0.25, 0.3) is 0 Å². The Morgan fingerprint density at radius 2 is 1.96 bits per heavy atom. The molecule has 0 aliphatic carbocycles. The number of carbonyl (C=O) groups excluding carboxylic acids is 2. The molecule has 0 saturated carbocycles. The quantitative estimate of drug-likeness (QED) is 0.672. The first-order valence-electron chi connectivity index (χ1n) is 6.91. The molecule has 5 nitrogen and oxygen atoms in total. The number of aromatic hydroxyl groups is 1. The monoisotopic (exact) mass is 309 g/mol. The maximum atomic E-state index is 11.5. The zero-order valence-corrected chi connectivity index (χ0v) is 12.3. The van der Waals surface area contributed by atoms with Crippen LogP contribution < -0.4 is 5.32 Å². The summed E-state index contributed by atoms with van der Waals surface area (Å²) in [6, 6.07) is 13.9. The molecule has 2 N–H and O–H groups in total. The number of alkyl carbamates (subject to hydrolysis) is 1. The molecule has 116 valence electrons. The van der Waals surface area contributed by atoms with E-state index in [-0.39, 0.29) is 24.5 Å². The van der Waals surface area contributed by atoms with Crippen molar-refractivity contribution in [1.29, 1.82) is 0 Å². The van der Waals surface area contributed by atoms with Crippen LogP contribution in [0.25, 0.3) is 0 Å². The van der Waals surface area contributed by atoms with Crippen molar-refractivity contribution in [3.8, 4) is 17.6 Å². The molecular formula is C18H15NO4. The van der Waals surface area contributed by atoms with E-state index in [9.17, 15) is 14.7 Å². The molecule has 0 atom stereocenters. The summed E-state index contributed by atoms with van der Waals surface area (Å²) >= 11 is 0. The lowest BCUT2D eigenvalue weighted by Crippen LogP contribution is -2.24. The highest BCUT2D eigenvalue weighted by molar-refractivity contribution is 5.81. The molecule has 0 saturated heterocycles. The number of hydrogen-bond donors (Lipinski definition) is 2. The number of amides is 1. The van der Waals surface area contributed by atoms with E-state index in [1.807, 2.05) is 30.3 Å². The Labute approximate surface area is 133 Å². The number of phenols is 1. The van der Waals surface area contributed by atoms with Gasteiger partial charge < -0.3 is 15.2 Å². The van der Waals surface area contributed by atoms with Crippen LogP contribution in [-0.4, -0.2) is 24.0 Å². The number of carbonyl (C=O) groups is 2. The van der Waals surface area contributed by atoms with E-state index in [2.05, 4.69) is 17.2 Å². The topological polar surface area (TPSA) is 75.6 Å². The second-order valence-corrected chi connectivity index (χ2v) is 4.58. The Hall–Kier alpha value is -3.26. The molecule has 0 fully saturated rings. The molecule has 0 heterocycles. The SMILES string of the molecule is O=Cc1cccc(O)c1C#CCNC(=O)OCc1ccccc1. The molecule has 5 heteroatoms. The molecular weight excluding hydrogens is 294 g/mol. The molecule has 0 aliphatic rings. The standard InChI is InChI=1S/C18H15NO4/c20-12-15-8-4-10-17(21)16(15)9-5-11-19-18(22)23-13-14-6-2-1-3-7-14/h1-4,6-8,10,12,21H,11,13H2,(H,19,22). The molecule has 0 radical (unpaired) electrons. The van der Waals surface area contributed by atoms with Crippen LogP contribution >= 0.6 is 0 Å². The van der Waals surface area contributed by atoms with Crippen LogP contribution in [-0.2, 0) is 11.3 Å². The summed E-state index contributed by atoms with van der Waals surface area (Å²) in [4.78, 5) is 22.4. The smallest absolute Gasteiger partial charge is 0.408 e. The summed E-state index contributed by atoms with van der Waals surface area (Å²) in [5.74, 6) is 5.25. The van der Waals surface area contributed by atoms with Crippen LogP contribution in [0.2, 0.25) is 0 Å². The van der Waals surface area contributed by atoms with Gasteiger partial charge in [-0.1, -0.05) is 54.3 Å². The highest BCUT2D eigenvalue weighted by atomic mass is 16.5. The first kappa shape index (κ1) is 16.1. The number of rotatable bonds is 4. The largest absolute Gasteiger partial charge is 0.507 e. The zero-order valence-electron chi connectivity index (χ0n) is 12.3. The number of nitrogens with one attached hydrogen (secondary N) is 1. The van der Waals surface area contributed by atoms with Gasteiger partial charge >= 0.3 is 6.09 Å². The molecule has 0 aliphatic heterocycles. The lowest BCUT2D eigenvalue weighted by atomic mass is 10.1. The summed E-state index contributed by atoms with van der Waals surface area (Å²) in [5.41, 5.74) is 1.42. The Morgan fingerprint density at radius 1 is 1.17 bits per heavy atom. The molecule has 23 heavy (non-hydrogen) atoms. The van der Waals surface area contributed by atoms with E-state index in [4.69, 9.17) is 4.74 Å². The minimum atomic E-state index is -0.587. The van der Waals surface area contributed by atoms with E-state index >= 15 is 0 Å². The molecule has 2 aromatic rings. The first-order chi connectivity index (χ1) is 11.2. The molecule has 0 spiro atoms. The lowest BCUT2D eigenvalue weighted by Gasteiger charge is -2.04. The van der Waals surface area contributed by atoms with Crippen molar-refractivity contribution in [2.75, 3.05) is 6.54 Å². The zero-order chi connectivity index (χ0) is 16.5. The summed E-state index contributed by atoms with van der Waals surface area (Å²) in [6.07, 6.45) is 0.0294. The minimum absolute atomic E-state index is 0.0419. The molecule has 0 bridgehead atoms. The van der Waals surface area contributed by atoms with Crippen molar-refractivity contribution in [1.82, 2.24) is 5.32 Å². The number of aldehydes is 1. The third-order valence-corrected chi connectivity index (χ3v) is 2.95. The Bertz CT molecular complexity index is 745. The molecule has 2 aromatic carbocycles. The summed E-state index contributed by atoms with van der Waals surface area (Å²) in [7, 11) is 0. The van der Waals surface area contributed by atoms with Crippen molar-refractivity contribution in [3.63, 3.8) is 0 Å². The minimum Gasteiger partial charge on any atom is -0.507 e. The van der Waals surface area contributed by atoms with Crippen LogP contribution in [0.5, 0.6) is 5.75 Å². The normalized spacial score (nSPS) is 9.39. The van der Waals surface area contributed by atoms with E-state index in [0.29, 0.717) is 11.8 Å². The van der Waals surface area contributed by atoms with Gasteiger partial charge in [-0.2, -0.15) is 0 Å². The van der Waals surface area contributed by atoms with E-state index in [0.717, 1.165) is 5.56 Å². The molecule has 2 rings (SSSR count). The summed E-state index contributed by atoms with van der Waals surface area (Å²) in [6.45, 7) is 0.217. The fraction of sp³-hybridized carbons (Fsp3) is 0.111. The van der Waals surface area contributed by atoms with Crippen LogP contribution in [0.1, 0.15) is 21.5 Å². The predicted molar refractivity (Wildman–Crippen MR) is 85.0 cm³/mol. The van der Waals surface area contributed by atoms with Crippen LogP contribution in [0.3, 0.4) is 0 Å². The fourth-order valence-corrected chi connectivity index (χ4v) is 1.81. The highest BCUT2D eigenvalue weighted by Crippen LogP contribution is 2.18. The summed E-state index contributed by atoms with van der Waals surface area (Å²) < 4.78 is 5.03. The van der Waals surface area contributed by atoms with Crippen molar-refractivity contribution < 1.29 is 19.4 Å². The van der Waals surface area contributed by atoms with E-state index in [1.165, 1.54) is 6.07 Å². The second-order valence-electron chi connectivity index (χ2n) is 4.58. The van der Waals surface area contributed by atoms with Crippen molar-refractivity contribution >= 4 is 12.4 Å². The fourth-order valence-electron chi connectivity index (χ4n) is 1.81. The van der Waals surface area contributed by atoms with Gasteiger partial charge in [-0.15, -0.1) is 0 Å². The number of benzene rings is 2. The Balaban J connectivity index is 1.84. The third-order valence-electron chi connectivity index (χ3n) is 2.95. The van der Waals surface area contributed by atoms with Gasteiger partial charge in [-0.05, 0) is 11.6 Å². The highest BCUT2D eigenvalue weighted by Gasteiger charge is 2.04. The van der Waals surface area contributed by atoms with Gasteiger partial charge in [0.2, 0.25) is 0 Å². The van der Waals surface area contributed by atoms with Crippen LogP contribution in [0.4, 0.5) is 4.79 Å². The number of ether oxygens (including phenoxy) is 1.